The average Bonchev–Trinajstić information content (AvgIpc) is 3.03. The summed E-state index contributed by atoms with van der Waals surface area (Å²) in [5.74, 6) is 2.20. The molecule has 0 aromatic heterocycles. The first-order valence-electron chi connectivity index (χ1n) is 7.46. The molecule has 114 valence electrons. The lowest BCUT2D eigenvalue weighted by Crippen LogP contribution is -2.29. The number of rotatable bonds is 4. The van der Waals surface area contributed by atoms with Crippen LogP contribution in [-0.2, 0) is 0 Å². The minimum absolute atomic E-state index is 0.211. The van der Waals surface area contributed by atoms with E-state index in [0.29, 0.717) is 21.6 Å². The first-order chi connectivity index (χ1) is 9.97. The van der Waals surface area contributed by atoms with E-state index >= 15 is 0 Å². The van der Waals surface area contributed by atoms with Crippen molar-refractivity contribution in [2.24, 2.45) is 23.5 Å². The third-order valence-corrected chi connectivity index (χ3v) is 6.13. The van der Waals surface area contributed by atoms with Crippen molar-refractivity contribution >= 4 is 38.8 Å². The van der Waals surface area contributed by atoms with Gasteiger partial charge in [0.2, 0.25) is 0 Å². The van der Waals surface area contributed by atoms with Crippen LogP contribution in [0.15, 0.2) is 16.6 Å². The Morgan fingerprint density at radius 1 is 1.43 bits per heavy atom. The summed E-state index contributed by atoms with van der Waals surface area (Å²) in [6.07, 6.45) is 5.44. The molecule has 5 heteroatoms. The second-order valence-electron chi connectivity index (χ2n) is 6.44. The van der Waals surface area contributed by atoms with E-state index in [9.17, 15) is 4.39 Å². The first-order valence-corrected chi connectivity index (χ1v) is 8.66. The fourth-order valence-electron chi connectivity index (χ4n) is 4.07. The van der Waals surface area contributed by atoms with Gasteiger partial charge in [-0.2, -0.15) is 0 Å². The van der Waals surface area contributed by atoms with Crippen molar-refractivity contribution in [1.29, 1.82) is 0 Å². The molecule has 0 radical (unpaired) electrons. The van der Waals surface area contributed by atoms with Gasteiger partial charge in [-0.25, -0.2) is 4.39 Å². The van der Waals surface area contributed by atoms with E-state index in [1.807, 2.05) is 11.9 Å². The maximum Gasteiger partial charge on any atom is 0.161 e. The van der Waals surface area contributed by atoms with Crippen LogP contribution in [0.3, 0.4) is 0 Å². The Morgan fingerprint density at radius 3 is 2.76 bits per heavy atom. The van der Waals surface area contributed by atoms with Gasteiger partial charge >= 0.3 is 0 Å². The van der Waals surface area contributed by atoms with Crippen molar-refractivity contribution < 1.29 is 4.39 Å². The number of anilines is 1. The molecule has 3 rings (SSSR count). The van der Waals surface area contributed by atoms with Crippen LogP contribution in [0.2, 0.25) is 0 Å². The monoisotopic (exact) mass is 370 g/mol. The number of hydrogen-bond acceptors (Lipinski definition) is 2. The quantitative estimate of drug-likeness (QED) is 0.809. The van der Waals surface area contributed by atoms with Crippen molar-refractivity contribution in [3.63, 3.8) is 0 Å². The van der Waals surface area contributed by atoms with Crippen molar-refractivity contribution in [2.75, 3.05) is 18.5 Å². The lowest BCUT2D eigenvalue weighted by molar-refractivity contribution is 0.337. The third-order valence-electron chi connectivity index (χ3n) is 5.13. The molecule has 1 aromatic carbocycles. The maximum absolute atomic E-state index is 14.5. The van der Waals surface area contributed by atoms with Crippen molar-refractivity contribution in [3.8, 4) is 0 Å². The van der Waals surface area contributed by atoms with E-state index in [4.69, 9.17) is 18.0 Å². The molecule has 2 fully saturated rings. The van der Waals surface area contributed by atoms with Gasteiger partial charge in [0.05, 0.1) is 10.2 Å². The molecule has 2 saturated carbocycles. The SMILES string of the molecule is CN(CC1CC2CCC1C2)c1ccc(C(N)=S)c(Br)c1F. The summed E-state index contributed by atoms with van der Waals surface area (Å²) in [5, 5.41) is 0. The summed E-state index contributed by atoms with van der Waals surface area (Å²) in [6.45, 7) is 0.928. The number of thiocarbonyl (C=S) groups is 1. The van der Waals surface area contributed by atoms with Gasteiger partial charge in [0.1, 0.15) is 4.99 Å². The molecule has 2 N–H and O–H groups in total. The summed E-state index contributed by atoms with van der Waals surface area (Å²) in [5.41, 5.74) is 6.77. The van der Waals surface area contributed by atoms with Crippen LogP contribution in [0.1, 0.15) is 31.2 Å². The fourth-order valence-corrected chi connectivity index (χ4v) is 4.92. The number of hydrogen-bond donors (Lipinski definition) is 1. The van der Waals surface area contributed by atoms with E-state index < -0.39 is 0 Å². The van der Waals surface area contributed by atoms with E-state index in [0.717, 1.165) is 18.4 Å². The van der Waals surface area contributed by atoms with Crippen LogP contribution in [0.5, 0.6) is 0 Å². The molecule has 0 saturated heterocycles. The first kappa shape index (κ1) is 15.2. The lowest BCUT2D eigenvalue weighted by atomic mass is 9.88. The van der Waals surface area contributed by atoms with Crippen LogP contribution in [0, 0.1) is 23.6 Å². The Balaban J connectivity index is 1.77. The molecule has 0 heterocycles. The van der Waals surface area contributed by atoms with E-state index in [-0.39, 0.29) is 10.8 Å². The minimum atomic E-state index is -0.272. The Morgan fingerprint density at radius 2 is 2.19 bits per heavy atom. The third kappa shape index (κ3) is 2.82. The molecule has 21 heavy (non-hydrogen) atoms. The van der Waals surface area contributed by atoms with E-state index in [2.05, 4.69) is 15.9 Å². The Hall–Kier alpha value is -0.680. The Kier molecular flexibility index (Phi) is 4.23. The van der Waals surface area contributed by atoms with E-state index in [1.54, 1.807) is 12.1 Å². The molecule has 2 nitrogen and oxygen atoms in total. The standard InChI is InChI=1S/C16H20BrFN2S/c1-20(8-11-7-9-2-3-10(11)6-9)13-5-4-12(16(19)21)14(17)15(13)18/h4-5,9-11H,2-3,6-8H2,1H3,(H2,19,21). The van der Waals surface area contributed by atoms with Gasteiger partial charge in [-0.05, 0) is 65.1 Å². The molecular formula is C16H20BrFN2S. The number of nitrogens with two attached hydrogens (primary N) is 1. The average molecular weight is 371 g/mol. The topological polar surface area (TPSA) is 29.3 Å². The van der Waals surface area contributed by atoms with Gasteiger partial charge in [0, 0.05) is 19.2 Å². The maximum atomic E-state index is 14.5. The molecule has 2 aliphatic rings. The summed E-state index contributed by atoms with van der Waals surface area (Å²) in [6, 6.07) is 3.57. The van der Waals surface area contributed by atoms with Gasteiger partial charge in [0.15, 0.2) is 5.82 Å². The molecular weight excluding hydrogens is 351 g/mol. The molecule has 1 aromatic rings. The highest BCUT2D eigenvalue weighted by Gasteiger charge is 2.39. The largest absolute Gasteiger partial charge is 0.389 e. The number of benzene rings is 1. The van der Waals surface area contributed by atoms with Crippen LogP contribution < -0.4 is 10.6 Å². The van der Waals surface area contributed by atoms with Crippen molar-refractivity contribution in [2.45, 2.75) is 25.7 Å². The molecule has 0 spiro atoms. The number of fused-ring (bicyclic) bond motifs is 2. The Bertz CT molecular complexity index is 578. The molecule has 0 aliphatic heterocycles. The van der Waals surface area contributed by atoms with Gasteiger partial charge in [-0.1, -0.05) is 18.6 Å². The number of nitrogens with zero attached hydrogens (tertiary/aromatic N) is 1. The van der Waals surface area contributed by atoms with Gasteiger partial charge in [-0.15, -0.1) is 0 Å². The molecule has 2 bridgehead atoms. The highest BCUT2D eigenvalue weighted by atomic mass is 79.9. The molecule has 2 aliphatic carbocycles. The highest BCUT2D eigenvalue weighted by Crippen LogP contribution is 2.48. The van der Waals surface area contributed by atoms with Crippen molar-refractivity contribution in [3.05, 3.63) is 28.0 Å². The van der Waals surface area contributed by atoms with Gasteiger partial charge in [0.25, 0.3) is 0 Å². The zero-order chi connectivity index (χ0) is 15.1. The predicted molar refractivity (Wildman–Crippen MR) is 92.2 cm³/mol. The van der Waals surface area contributed by atoms with Gasteiger partial charge in [-0.3, -0.25) is 0 Å². The van der Waals surface area contributed by atoms with Crippen LogP contribution in [-0.4, -0.2) is 18.6 Å². The smallest absolute Gasteiger partial charge is 0.161 e. The zero-order valence-corrected chi connectivity index (χ0v) is 14.5. The second-order valence-corrected chi connectivity index (χ2v) is 7.67. The normalized spacial score (nSPS) is 27.1. The second kappa shape index (κ2) is 5.84. The van der Waals surface area contributed by atoms with Crippen molar-refractivity contribution in [1.82, 2.24) is 0 Å². The summed E-state index contributed by atoms with van der Waals surface area (Å²) in [7, 11) is 1.97. The predicted octanol–water partition coefficient (Wildman–Crippen LogP) is 4.09. The highest BCUT2D eigenvalue weighted by molar-refractivity contribution is 9.10. The summed E-state index contributed by atoms with van der Waals surface area (Å²) >= 11 is 8.21. The number of halogens is 2. The minimum Gasteiger partial charge on any atom is -0.389 e. The Labute approximate surface area is 139 Å². The van der Waals surface area contributed by atoms with Crippen LogP contribution in [0.25, 0.3) is 0 Å². The van der Waals surface area contributed by atoms with Gasteiger partial charge < -0.3 is 10.6 Å². The molecule has 3 unspecified atom stereocenters. The lowest BCUT2D eigenvalue weighted by Gasteiger charge is -2.29. The summed E-state index contributed by atoms with van der Waals surface area (Å²) in [4.78, 5) is 2.25. The molecule has 3 atom stereocenters. The van der Waals surface area contributed by atoms with E-state index in [1.165, 1.54) is 25.7 Å². The summed E-state index contributed by atoms with van der Waals surface area (Å²) < 4.78 is 14.9. The van der Waals surface area contributed by atoms with Crippen LogP contribution in [0.4, 0.5) is 10.1 Å². The molecule has 0 amide bonds. The van der Waals surface area contributed by atoms with Crippen LogP contribution >= 0.6 is 28.1 Å². The fraction of sp³-hybridized carbons (Fsp3) is 0.562. The zero-order valence-electron chi connectivity index (χ0n) is 12.1.